The Balaban J connectivity index is 1.97. The van der Waals surface area contributed by atoms with E-state index in [4.69, 9.17) is 14.7 Å². The van der Waals surface area contributed by atoms with Crippen molar-refractivity contribution in [2.24, 2.45) is 0 Å². The summed E-state index contributed by atoms with van der Waals surface area (Å²) >= 11 is 0. The fourth-order valence-electron chi connectivity index (χ4n) is 2.39. The van der Waals surface area contributed by atoms with Crippen molar-refractivity contribution in [1.29, 1.82) is 5.26 Å². The zero-order valence-corrected chi connectivity index (χ0v) is 12.3. The molecule has 0 amide bonds. The summed E-state index contributed by atoms with van der Waals surface area (Å²) < 4.78 is 11.3. The Morgan fingerprint density at radius 1 is 1.35 bits per heavy atom. The van der Waals surface area contributed by atoms with E-state index in [0.29, 0.717) is 13.0 Å². The monoisotopic (exact) mass is 274 g/mol. The van der Waals surface area contributed by atoms with Crippen molar-refractivity contribution < 1.29 is 9.47 Å². The van der Waals surface area contributed by atoms with Gasteiger partial charge < -0.3 is 9.47 Å². The number of ether oxygens (including phenoxy) is 2. The van der Waals surface area contributed by atoms with Crippen LogP contribution in [0.5, 0.6) is 5.75 Å². The number of hydrogen-bond acceptors (Lipinski definition) is 4. The molecule has 20 heavy (non-hydrogen) atoms. The summed E-state index contributed by atoms with van der Waals surface area (Å²) in [5, 5.41) is 9.00. The molecule has 1 fully saturated rings. The summed E-state index contributed by atoms with van der Waals surface area (Å²) in [4.78, 5) is 2.29. The van der Waals surface area contributed by atoms with Gasteiger partial charge in [-0.1, -0.05) is 12.1 Å². The van der Waals surface area contributed by atoms with Crippen molar-refractivity contribution in [2.45, 2.75) is 26.3 Å². The minimum atomic E-state index is 0.142. The largest absolute Gasteiger partial charge is 0.492 e. The molecule has 1 aromatic rings. The molecular formula is C16H22N2O2. The van der Waals surface area contributed by atoms with E-state index in [0.717, 1.165) is 37.6 Å². The Morgan fingerprint density at radius 2 is 2.10 bits per heavy atom. The lowest BCUT2D eigenvalue weighted by Crippen LogP contribution is -2.46. The number of benzene rings is 1. The number of nitriles is 1. The van der Waals surface area contributed by atoms with Gasteiger partial charge >= 0.3 is 0 Å². The molecule has 1 atom stereocenters. The molecule has 1 aliphatic heterocycles. The van der Waals surface area contributed by atoms with Crippen LogP contribution in [0, 0.1) is 25.2 Å². The summed E-state index contributed by atoms with van der Waals surface area (Å²) in [7, 11) is 0. The summed E-state index contributed by atoms with van der Waals surface area (Å²) in [6.45, 7) is 7.89. The molecule has 0 saturated carbocycles. The van der Waals surface area contributed by atoms with Gasteiger partial charge in [0, 0.05) is 13.1 Å². The number of rotatable bonds is 5. The quantitative estimate of drug-likeness (QED) is 0.826. The third kappa shape index (κ3) is 3.96. The topological polar surface area (TPSA) is 45.5 Å². The minimum absolute atomic E-state index is 0.142. The maximum Gasteiger partial charge on any atom is 0.122 e. The highest BCUT2D eigenvalue weighted by molar-refractivity contribution is 5.35. The second-order valence-corrected chi connectivity index (χ2v) is 5.24. The third-order valence-electron chi connectivity index (χ3n) is 3.66. The van der Waals surface area contributed by atoms with Crippen LogP contribution in [0.3, 0.4) is 0 Å². The average Bonchev–Trinajstić information content (AvgIpc) is 2.47. The molecule has 1 heterocycles. The average molecular weight is 274 g/mol. The van der Waals surface area contributed by atoms with Crippen LogP contribution in [0.4, 0.5) is 0 Å². The molecule has 2 rings (SSSR count). The van der Waals surface area contributed by atoms with Crippen molar-refractivity contribution in [2.75, 3.05) is 32.9 Å². The Kier molecular flexibility index (Phi) is 5.40. The highest BCUT2D eigenvalue weighted by atomic mass is 16.5. The standard InChI is InChI=1S/C16H22N2O2/c1-13-3-4-14(2)16(11-13)20-12-15(5-6-17)18-7-9-19-10-8-18/h3-4,11,15H,5,7-10,12H2,1-2H3. The van der Waals surface area contributed by atoms with Gasteiger partial charge in [0.05, 0.1) is 31.7 Å². The normalized spacial score (nSPS) is 17.4. The Morgan fingerprint density at radius 3 is 2.80 bits per heavy atom. The maximum atomic E-state index is 9.00. The number of aryl methyl sites for hydroxylation is 2. The van der Waals surface area contributed by atoms with E-state index in [1.807, 2.05) is 6.92 Å². The smallest absolute Gasteiger partial charge is 0.122 e. The van der Waals surface area contributed by atoms with Crippen LogP contribution in [0.2, 0.25) is 0 Å². The first-order chi connectivity index (χ1) is 9.70. The predicted molar refractivity (Wildman–Crippen MR) is 77.8 cm³/mol. The molecule has 4 heteroatoms. The molecule has 1 aromatic carbocycles. The SMILES string of the molecule is Cc1ccc(C)c(OCC(CC#N)N2CCOCC2)c1. The maximum absolute atomic E-state index is 9.00. The molecule has 1 aliphatic rings. The molecule has 0 bridgehead atoms. The van der Waals surface area contributed by atoms with Gasteiger partial charge in [-0.25, -0.2) is 0 Å². The van der Waals surface area contributed by atoms with Crippen LogP contribution >= 0.6 is 0 Å². The van der Waals surface area contributed by atoms with E-state index in [-0.39, 0.29) is 6.04 Å². The number of morpholine rings is 1. The zero-order chi connectivity index (χ0) is 14.4. The fourth-order valence-corrected chi connectivity index (χ4v) is 2.39. The molecule has 0 N–H and O–H groups in total. The molecule has 1 saturated heterocycles. The van der Waals surface area contributed by atoms with E-state index in [1.165, 1.54) is 5.56 Å². The summed E-state index contributed by atoms with van der Waals surface area (Å²) in [6.07, 6.45) is 0.491. The lowest BCUT2D eigenvalue weighted by molar-refractivity contribution is 0.00709. The van der Waals surface area contributed by atoms with E-state index in [2.05, 4.69) is 36.1 Å². The molecule has 4 nitrogen and oxygen atoms in total. The Labute approximate surface area is 120 Å². The number of nitrogens with zero attached hydrogens (tertiary/aromatic N) is 2. The summed E-state index contributed by atoms with van der Waals surface area (Å²) in [5.74, 6) is 0.918. The molecular weight excluding hydrogens is 252 g/mol. The first kappa shape index (κ1) is 14.8. The second-order valence-electron chi connectivity index (χ2n) is 5.24. The van der Waals surface area contributed by atoms with Crippen LogP contribution in [-0.4, -0.2) is 43.9 Å². The lowest BCUT2D eigenvalue weighted by Gasteiger charge is -2.33. The molecule has 0 aromatic heterocycles. The second kappa shape index (κ2) is 7.28. The van der Waals surface area contributed by atoms with E-state index < -0.39 is 0 Å². The first-order valence-electron chi connectivity index (χ1n) is 7.09. The van der Waals surface area contributed by atoms with Gasteiger partial charge in [-0.05, 0) is 31.0 Å². The van der Waals surface area contributed by atoms with E-state index in [9.17, 15) is 0 Å². The zero-order valence-electron chi connectivity index (χ0n) is 12.3. The molecule has 0 aliphatic carbocycles. The van der Waals surface area contributed by atoms with Crippen molar-refractivity contribution in [3.63, 3.8) is 0 Å². The van der Waals surface area contributed by atoms with Gasteiger partial charge in [-0.15, -0.1) is 0 Å². The van der Waals surface area contributed by atoms with Crippen molar-refractivity contribution >= 4 is 0 Å². The Bertz CT molecular complexity index is 476. The minimum Gasteiger partial charge on any atom is -0.492 e. The summed E-state index contributed by atoms with van der Waals surface area (Å²) in [5.41, 5.74) is 2.32. The Hall–Kier alpha value is -1.57. The van der Waals surface area contributed by atoms with Crippen molar-refractivity contribution in [3.05, 3.63) is 29.3 Å². The summed E-state index contributed by atoms with van der Waals surface area (Å²) in [6, 6.07) is 8.61. The molecule has 0 radical (unpaired) electrons. The van der Waals surface area contributed by atoms with Gasteiger partial charge in [0.1, 0.15) is 12.4 Å². The fraction of sp³-hybridized carbons (Fsp3) is 0.562. The van der Waals surface area contributed by atoms with E-state index >= 15 is 0 Å². The molecule has 0 spiro atoms. The predicted octanol–water partition coefficient (Wildman–Crippen LogP) is 2.30. The van der Waals surface area contributed by atoms with Gasteiger partial charge in [-0.2, -0.15) is 5.26 Å². The molecule has 108 valence electrons. The van der Waals surface area contributed by atoms with E-state index in [1.54, 1.807) is 0 Å². The van der Waals surface area contributed by atoms with Gasteiger partial charge in [0.2, 0.25) is 0 Å². The van der Waals surface area contributed by atoms with Gasteiger partial charge in [0.15, 0.2) is 0 Å². The van der Waals surface area contributed by atoms with Crippen molar-refractivity contribution in [1.82, 2.24) is 4.90 Å². The van der Waals surface area contributed by atoms with Crippen LogP contribution in [0.1, 0.15) is 17.5 Å². The lowest BCUT2D eigenvalue weighted by atomic mass is 10.1. The molecule has 1 unspecified atom stereocenters. The highest BCUT2D eigenvalue weighted by Crippen LogP contribution is 2.20. The third-order valence-corrected chi connectivity index (χ3v) is 3.66. The van der Waals surface area contributed by atoms with Crippen LogP contribution in [0.15, 0.2) is 18.2 Å². The highest BCUT2D eigenvalue weighted by Gasteiger charge is 2.21. The first-order valence-corrected chi connectivity index (χ1v) is 7.09. The van der Waals surface area contributed by atoms with Crippen LogP contribution in [0.25, 0.3) is 0 Å². The van der Waals surface area contributed by atoms with Crippen LogP contribution in [-0.2, 0) is 4.74 Å². The van der Waals surface area contributed by atoms with Crippen molar-refractivity contribution in [3.8, 4) is 11.8 Å². The number of hydrogen-bond donors (Lipinski definition) is 0. The van der Waals surface area contributed by atoms with Gasteiger partial charge in [-0.3, -0.25) is 4.90 Å². The van der Waals surface area contributed by atoms with Crippen LogP contribution < -0.4 is 4.74 Å². The van der Waals surface area contributed by atoms with Gasteiger partial charge in [0.25, 0.3) is 0 Å².